The topological polar surface area (TPSA) is 24.1 Å². The predicted octanol–water partition coefficient (Wildman–Crippen LogP) is 0.625. The highest BCUT2D eigenvalue weighted by atomic mass is 29.2. The van der Waals surface area contributed by atoms with Gasteiger partial charge in [0.15, 0.2) is 8.64 Å². The van der Waals surface area contributed by atoms with Gasteiger partial charge in [-0.2, -0.15) is 0 Å². The molecule has 14 heavy (non-hydrogen) atoms. The number of hydrogen-bond acceptors (Lipinski definition) is 2. The zero-order valence-corrected chi connectivity index (χ0v) is 14.1. The van der Waals surface area contributed by atoms with E-state index in [0.717, 1.165) is 0 Å². The van der Waals surface area contributed by atoms with Gasteiger partial charge in [0.05, 0.1) is 0 Å². The summed E-state index contributed by atoms with van der Waals surface area (Å²) >= 11 is 0. The third-order valence-electron chi connectivity index (χ3n) is 2.98. The van der Waals surface area contributed by atoms with Crippen molar-refractivity contribution in [2.24, 2.45) is 0 Å². The van der Waals surface area contributed by atoms with Crippen molar-refractivity contribution < 1.29 is 0 Å². The Hall–Kier alpha value is 0.354. The highest BCUT2D eigenvalue weighted by Gasteiger charge is 2.22. The van der Waals surface area contributed by atoms with Gasteiger partial charge in [0.25, 0.3) is 0 Å². The lowest BCUT2D eigenvalue weighted by molar-refractivity contribution is 0.419. The Labute approximate surface area is 94.2 Å². The Kier molecular flexibility index (Phi) is 5.58. The van der Waals surface area contributed by atoms with E-state index in [1.54, 1.807) is 0 Å². The van der Waals surface area contributed by atoms with Crippen LogP contribution in [0.2, 0.25) is 0 Å². The van der Waals surface area contributed by atoms with Gasteiger partial charge < -0.3 is 9.96 Å². The fraction of sp³-hybridized carbons (Fsp3) is 1.00. The highest BCUT2D eigenvalue weighted by molar-refractivity contribution is 7.00. The van der Waals surface area contributed by atoms with E-state index in [-0.39, 0.29) is 0 Å². The van der Waals surface area contributed by atoms with Crippen molar-refractivity contribution in [2.75, 3.05) is 0 Å². The first-order chi connectivity index (χ1) is 6.22. The van der Waals surface area contributed by atoms with Crippen LogP contribution in [-0.2, 0) is 0 Å². The summed E-state index contributed by atoms with van der Waals surface area (Å²) in [5, 5.41) is 0. The van der Waals surface area contributed by atoms with Gasteiger partial charge in [-0.1, -0.05) is 13.8 Å². The molecule has 0 spiro atoms. The lowest BCUT2D eigenvalue weighted by Crippen LogP contribution is -2.61. The maximum Gasteiger partial charge on any atom is 0.160 e. The molecule has 0 bridgehead atoms. The van der Waals surface area contributed by atoms with Crippen LogP contribution in [0.15, 0.2) is 0 Å². The Balaban J connectivity index is 4.04. The molecule has 0 aliphatic carbocycles. The second-order valence-electron chi connectivity index (χ2n) is 5.49. The van der Waals surface area contributed by atoms with Crippen molar-refractivity contribution in [3.63, 3.8) is 0 Å². The lowest BCUT2D eigenvalue weighted by atomic mass is 10.0. The third kappa shape index (κ3) is 5.95. The van der Waals surface area contributed by atoms with Gasteiger partial charge in [-0.25, -0.2) is 0 Å². The molecule has 0 saturated heterocycles. The standard InChI is InChI=1S/C10H28N2Si2/c1-7-9(3,4)11-14(13)12-10(5,6)8-2/h11-12,14H,7-8H2,1-6,13H3. The normalized spacial score (nSPS) is 13.9. The zero-order valence-electron chi connectivity index (χ0n) is 11.0. The van der Waals surface area contributed by atoms with Crippen LogP contribution in [-0.4, -0.2) is 29.5 Å². The van der Waals surface area contributed by atoms with Gasteiger partial charge in [-0.3, -0.25) is 0 Å². The quantitative estimate of drug-likeness (QED) is 0.657. The third-order valence-corrected chi connectivity index (χ3v) is 7.14. The van der Waals surface area contributed by atoms with Crippen LogP contribution >= 0.6 is 0 Å². The van der Waals surface area contributed by atoms with E-state index < -0.39 is 8.64 Å². The Morgan fingerprint density at radius 2 is 1.21 bits per heavy atom. The monoisotopic (exact) mass is 232 g/mol. The zero-order chi connectivity index (χ0) is 11.4. The minimum absolute atomic E-state index is 0.315. The maximum atomic E-state index is 3.79. The summed E-state index contributed by atoms with van der Waals surface area (Å²) in [4.78, 5) is 7.57. The highest BCUT2D eigenvalue weighted by Crippen LogP contribution is 2.09. The van der Waals surface area contributed by atoms with Crippen molar-refractivity contribution >= 4 is 18.4 Å². The average Bonchev–Trinajstić information content (AvgIpc) is 2.02. The van der Waals surface area contributed by atoms with Crippen LogP contribution in [0.25, 0.3) is 0 Å². The van der Waals surface area contributed by atoms with Gasteiger partial charge in [-0.15, -0.1) is 0 Å². The summed E-state index contributed by atoms with van der Waals surface area (Å²) in [6, 6.07) is 0. The Morgan fingerprint density at radius 1 is 0.929 bits per heavy atom. The molecule has 0 aliphatic rings. The van der Waals surface area contributed by atoms with E-state index >= 15 is 0 Å². The van der Waals surface area contributed by atoms with E-state index in [1.165, 1.54) is 22.6 Å². The van der Waals surface area contributed by atoms with Crippen molar-refractivity contribution in [2.45, 2.75) is 65.5 Å². The van der Waals surface area contributed by atoms with Crippen LogP contribution in [0.4, 0.5) is 0 Å². The molecule has 0 heterocycles. The van der Waals surface area contributed by atoms with Crippen molar-refractivity contribution in [1.29, 1.82) is 0 Å². The molecule has 86 valence electrons. The van der Waals surface area contributed by atoms with Gasteiger partial charge in [0.1, 0.15) is 0 Å². The number of hydrogen-bond donors (Lipinski definition) is 2. The summed E-state index contributed by atoms with van der Waals surface area (Å²) in [6.07, 6.45) is 2.40. The van der Waals surface area contributed by atoms with E-state index in [9.17, 15) is 0 Å². The fourth-order valence-electron chi connectivity index (χ4n) is 1.41. The number of rotatable bonds is 6. The maximum absolute atomic E-state index is 3.79. The molecular formula is C10H28N2Si2. The predicted molar refractivity (Wildman–Crippen MR) is 72.1 cm³/mol. The van der Waals surface area contributed by atoms with Gasteiger partial charge in [0, 0.05) is 20.8 Å². The molecule has 0 aromatic rings. The first kappa shape index (κ1) is 14.4. The van der Waals surface area contributed by atoms with Crippen LogP contribution in [0.1, 0.15) is 54.4 Å². The molecule has 2 nitrogen and oxygen atoms in total. The van der Waals surface area contributed by atoms with E-state index in [2.05, 4.69) is 51.5 Å². The molecule has 0 amide bonds. The van der Waals surface area contributed by atoms with Gasteiger partial charge in [0.2, 0.25) is 0 Å². The number of nitrogens with one attached hydrogen (secondary N) is 2. The van der Waals surface area contributed by atoms with E-state index in [4.69, 9.17) is 0 Å². The van der Waals surface area contributed by atoms with Crippen LogP contribution in [0.3, 0.4) is 0 Å². The molecule has 0 aromatic heterocycles. The molecule has 2 N–H and O–H groups in total. The Morgan fingerprint density at radius 3 is 1.43 bits per heavy atom. The minimum Gasteiger partial charge on any atom is -0.326 e. The van der Waals surface area contributed by atoms with Gasteiger partial charge in [-0.05, 0) is 40.5 Å². The first-order valence-electron chi connectivity index (χ1n) is 5.78. The lowest BCUT2D eigenvalue weighted by Gasteiger charge is -2.34. The molecule has 0 unspecified atom stereocenters. The molecule has 0 aromatic carbocycles. The molecule has 0 radical (unpaired) electrons. The molecule has 0 atom stereocenters. The average molecular weight is 233 g/mol. The first-order valence-corrected chi connectivity index (χ1v) is 11.5. The SMILES string of the molecule is CCC(C)(C)N[SiH]([SiH3])NC(C)(C)CC. The van der Waals surface area contributed by atoms with Crippen molar-refractivity contribution in [1.82, 2.24) is 9.96 Å². The fourth-order valence-corrected chi connectivity index (χ4v) is 8.93. The van der Waals surface area contributed by atoms with E-state index in [1.807, 2.05) is 0 Å². The van der Waals surface area contributed by atoms with E-state index in [0.29, 0.717) is 11.1 Å². The smallest absolute Gasteiger partial charge is 0.160 e. The molecule has 0 aliphatic heterocycles. The Bertz CT molecular complexity index is 152. The molecule has 0 saturated carbocycles. The second kappa shape index (κ2) is 5.44. The molecule has 0 rings (SSSR count). The second-order valence-corrected chi connectivity index (χ2v) is 11.0. The minimum atomic E-state index is -0.849. The van der Waals surface area contributed by atoms with Gasteiger partial charge >= 0.3 is 0 Å². The van der Waals surface area contributed by atoms with Crippen LogP contribution < -0.4 is 9.96 Å². The summed E-state index contributed by atoms with van der Waals surface area (Å²) in [6.45, 7) is 13.7. The summed E-state index contributed by atoms with van der Waals surface area (Å²) in [7, 11) is 0.428. The summed E-state index contributed by atoms with van der Waals surface area (Å²) in [5.74, 6) is 0. The van der Waals surface area contributed by atoms with Crippen LogP contribution in [0.5, 0.6) is 0 Å². The van der Waals surface area contributed by atoms with Crippen LogP contribution in [0, 0.1) is 0 Å². The van der Waals surface area contributed by atoms with Crippen molar-refractivity contribution in [3.05, 3.63) is 0 Å². The van der Waals surface area contributed by atoms with Crippen molar-refractivity contribution in [3.8, 4) is 0 Å². The molecule has 4 heteroatoms. The molecular weight excluding hydrogens is 204 g/mol. The molecule has 0 fully saturated rings. The summed E-state index contributed by atoms with van der Waals surface area (Å²) in [5.41, 5.74) is 0.630. The largest absolute Gasteiger partial charge is 0.326 e. The summed E-state index contributed by atoms with van der Waals surface area (Å²) < 4.78 is 0.